The van der Waals surface area contributed by atoms with Crippen molar-refractivity contribution in [3.8, 4) is 11.5 Å². The number of para-hydroxylation sites is 1. The quantitative estimate of drug-likeness (QED) is 0.485. The van der Waals surface area contributed by atoms with Crippen LogP contribution >= 0.6 is 12.2 Å². The minimum atomic E-state index is 0.451. The summed E-state index contributed by atoms with van der Waals surface area (Å²) in [6.07, 6.45) is 1.64. The Labute approximate surface area is 141 Å². The normalized spacial score (nSPS) is 10.3. The van der Waals surface area contributed by atoms with Gasteiger partial charge in [-0.15, -0.1) is 0 Å². The molecule has 23 heavy (non-hydrogen) atoms. The zero-order valence-corrected chi connectivity index (χ0v) is 13.9. The fourth-order valence-electron chi connectivity index (χ4n) is 1.99. The lowest BCUT2D eigenvalue weighted by Gasteiger charge is -2.10. The number of hydrazone groups is 1. The Hall–Kier alpha value is -2.60. The number of rotatable bonds is 6. The summed E-state index contributed by atoms with van der Waals surface area (Å²) in [5.41, 5.74) is 4.73. The molecule has 0 saturated carbocycles. The fraction of sp³-hybridized carbons (Fsp3) is 0.176. The first-order chi connectivity index (χ1) is 11.2. The van der Waals surface area contributed by atoms with E-state index < -0.39 is 0 Å². The molecule has 5 nitrogen and oxygen atoms in total. The lowest BCUT2D eigenvalue weighted by atomic mass is 10.2. The highest BCUT2D eigenvalue weighted by Gasteiger charge is 2.07. The van der Waals surface area contributed by atoms with E-state index in [0.29, 0.717) is 23.2 Å². The van der Waals surface area contributed by atoms with E-state index >= 15 is 0 Å². The molecule has 6 heteroatoms. The SMILES string of the molecule is COc1cccc(/C=N/NC(=S)NCc2ccccc2)c1OC. The second kappa shape index (κ2) is 8.75. The first-order valence-corrected chi connectivity index (χ1v) is 7.47. The Morgan fingerprint density at radius 3 is 2.57 bits per heavy atom. The van der Waals surface area contributed by atoms with Crippen LogP contribution in [0.4, 0.5) is 0 Å². The molecule has 0 amide bonds. The van der Waals surface area contributed by atoms with E-state index in [1.165, 1.54) is 0 Å². The topological polar surface area (TPSA) is 54.9 Å². The molecular formula is C17H19N3O2S. The van der Waals surface area contributed by atoms with Crippen LogP contribution in [0.15, 0.2) is 53.6 Å². The largest absolute Gasteiger partial charge is 0.493 e. The van der Waals surface area contributed by atoms with Gasteiger partial charge in [0.25, 0.3) is 0 Å². The van der Waals surface area contributed by atoms with Crippen molar-refractivity contribution in [1.82, 2.24) is 10.7 Å². The smallest absolute Gasteiger partial charge is 0.187 e. The van der Waals surface area contributed by atoms with E-state index in [2.05, 4.69) is 15.8 Å². The van der Waals surface area contributed by atoms with Crippen LogP contribution in [0, 0.1) is 0 Å². The summed E-state index contributed by atoms with van der Waals surface area (Å²) in [5, 5.41) is 7.66. The number of hydrogen-bond donors (Lipinski definition) is 2. The molecule has 2 aromatic rings. The zero-order chi connectivity index (χ0) is 16.5. The van der Waals surface area contributed by atoms with Gasteiger partial charge in [0.05, 0.1) is 20.4 Å². The van der Waals surface area contributed by atoms with E-state index in [1.54, 1.807) is 20.4 Å². The second-order valence-electron chi connectivity index (χ2n) is 4.62. The molecule has 0 unspecified atom stereocenters. The molecule has 0 fully saturated rings. The molecule has 0 bridgehead atoms. The van der Waals surface area contributed by atoms with Crippen LogP contribution < -0.4 is 20.2 Å². The number of benzene rings is 2. The van der Waals surface area contributed by atoms with Gasteiger partial charge in [-0.3, -0.25) is 5.43 Å². The number of nitrogens with zero attached hydrogens (tertiary/aromatic N) is 1. The van der Waals surface area contributed by atoms with Crippen LogP contribution in [0.25, 0.3) is 0 Å². The van der Waals surface area contributed by atoms with Crippen LogP contribution in [-0.4, -0.2) is 25.5 Å². The summed E-state index contributed by atoms with van der Waals surface area (Å²) in [4.78, 5) is 0. The third kappa shape index (κ3) is 4.96. The number of nitrogens with one attached hydrogen (secondary N) is 2. The molecule has 0 radical (unpaired) electrons. The van der Waals surface area contributed by atoms with E-state index in [9.17, 15) is 0 Å². The molecule has 0 spiro atoms. The van der Waals surface area contributed by atoms with Crippen molar-refractivity contribution in [2.45, 2.75) is 6.54 Å². The summed E-state index contributed by atoms with van der Waals surface area (Å²) in [5.74, 6) is 1.28. The molecule has 0 heterocycles. The highest BCUT2D eigenvalue weighted by atomic mass is 32.1. The number of hydrogen-bond acceptors (Lipinski definition) is 4. The molecule has 120 valence electrons. The van der Waals surface area contributed by atoms with Crippen molar-refractivity contribution in [1.29, 1.82) is 0 Å². The van der Waals surface area contributed by atoms with Gasteiger partial charge < -0.3 is 14.8 Å². The van der Waals surface area contributed by atoms with Gasteiger partial charge in [0, 0.05) is 12.1 Å². The maximum absolute atomic E-state index is 5.34. The molecule has 0 saturated heterocycles. The molecule has 0 aliphatic heterocycles. The summed E-state index contributed by atoms with van der Waals surface area (Å²) in [6.45, 7) is 0.644. The average Bonchev–Trinajstić information content (AvgIpc) is 2.60. The second-order valence-corrected chi connectivity index (χ2v) is 5.03. The summed E-state index contributed by atoms with van der Waals surface area (Å²) < 4.78 is 10.6. The molecule has 2 N–H and O–H groups in total. The van der Waals surface area contributed by atoms with E-state index in [1.807, 2.05) is 48.5 Å². The molecule has 2 aromatic carbocycles. The zero-order valence-electron chi connectivity index (χ0n) is 13.1. The average molecular weight is 329 g/mol. The molecule has 0 aliphatic carbocycles. The van der Waals surface area contributed by atoms with Crippen molar-refractivity contribution in [2.75, 3.05) is 14.2 Å². The molecule has 0 aliphatic rings. The van der Waals surface area contributed by atoms with E-state index in [-0.39, 0.29) is 0 Å². The highest BCUT2D eigenvalue weighted by Crippen LogP contribution is 2.29. The standard InChI is InChI=1S/C17H19N3O2S/c1-21-15-10-6-9-14(16(15)22-2)12-19-20-17(23)18-11-13-7-4-3-5-8-13/h3-10,12H,11H2,1-2H3,(H2,18,20,23)/b19-12+. The maximum Gasteiger partial charge on any atom is 0.187 e. The van der Waals surface area contributed by atoms with Crippen LogP contribution in [0.3, 0.4) is 0 Å². The Morgan fingerprint density at radius 1 is 1.09 bits per heavy atom. The summed E-state index contributed by atoms with van der Waals surface area (Å²) >= 11 is 5.19. The first kappa shape index (κ1) is 16.8. The fourth-order valence-corrected chi connectivity index (χ4v) is 2.12. The van der Waals surface area contributed by atoms with Crippen LogP contribution in [0.5, 0.6) is 11.5 Å². The van der Waals surface area contributed by atoms with Crippen molar-refractivity contribution in [3.63, 3.8) is 0 Å². The summed E-state index contributed by atoms with van der Waals surface area (Å²) in [6, 6.07) is 15.6. The summed E-state index contributed by atoms with van der Waals surface area (Å²) in [7, 11) is 3.19. The van der Waals surface area contributed by atoms with Crippen LogP contribution in [0.1, 0.15) is 11.1 Å². The Kier molecular flexibility index (Phi) is 6.38. The van der Waals surface area contributed by atoms with Gasteiger partial charge in [-0.1, -0.05) is 36.4 Å². The minimum absolute atomic E-state index is 0.451. The van der Waals surface area contributed by atoms with E-state index in [0.717, 1.165) is 11.1 Å². The Bertz CT molecular complexity index is 675. The monoisotopic (exact) mass is 329 g/mol. The number of ether oxygens (including phenoxy) is 2. The molecular weight excluding hydrogens is 310 g/mol. The van der Waals surface area contributed by atoms with Gasteiger partial charge in [-0.25, -0.2) is 0 Å². The van der Waals surface area contributed by atoms with Crippen molar-refractivity contribution >= 4 is 23.5 Å². The van der Waals surface area contributed by atoms with Crippen LogP contribution in [-0.2, 0) is 6.54 Å². The van der Waals surface area contributed by atoms with Gasteiger partial charge in [0.1, 0.15) is 0 Å². The minimum Gasteiger partial charge on any atom is -0.493 e. The third-order valence-electron chi connectivity index (χ3n) is 3.10. The molecule has 0 atom stereocenters. The first-order valence-electron chi connectivity index (χ1n) is 7.06. The van der Waals surface area contributed by atoms with E-state index in [4.69, 9.17) is 21.7 Å². The number of thiocarbonyl (C=S) groups is 1. The van der Waals surface area contributed by atoms with Gasteiger partial charge >= 0.3 is 0 Å². The lowest BCUT2D eigenvalue weighted by molar-refractivity contribution is 0.354. The maximum atomic E-state index is 5.34. The highest BCUT2D eigenvalue weighted by molar-refractivity contribution is 7.80. The molecule has 0 aromatic heterocycles. The Balaban J connectivity index is 1.90. The van der Waals surface area contributed by atoms with Gasteiger partial charge in [-0.2, -0.15) is 5.10 Å². The predicted molar refractivity (Wildman–Crippen MR) is 96.2 cm³/mol. The lowest BCUT2D eigenvalue weighted by Crippen LogP contribution is -2.31. The van der Waals surface area contributed by atoms with Crippen molar-refractivity contribution < 1.29 is 9.47 Å². The predicted octanol–water partition coefficient (Wildman–Crippen LogP) is 2.70. The van der Waals surface area contributed by atoms with Gasteiger partial charge in [0.15, 0.2) is 16.6 Å². The third-order valence-corrected chi connectivity index (χ3v) is 3.33. The van der Waals surface area contributed by atoms with Gasteiger partial charge in [-0.05, 0) is 29.9 Å². The van der Waals surface area contributed by atoms with Crippen molar-refractivity contribution in [2.24, 2.45) is 5.10 Å². The molecule has 2 rings (SSSR count). The Morgan fingerprint density at radius 2 is 1.87 bits per heavy atom. The number of methoxy groups -OCH3 is 2. The van der Waals surface area contributed by atoms with Gasteiger partial charge in [0.2, 0.25) is 0 Å². The van der Waals surface area contributed by atoms with Crippen LogP contribution in [0.2, 0.25) is 0 Å². The van der Waals surface area contributed by atoms with Crippen molar-refractivity contribution in [3.05, 3.63) is 59.7 Å².